The van der Waals surface area contributed by atoms with Crippen LogP contribution in [0.3, 0.4) is 0 Å². The van der Waals surface area contributed by atoms with E-state index in [-0.39, 0.29) is 11.8 Å². The maximum atomic E-state index is 15.0. The van der Waals surface area contributed by atoms with Crippen LogP contribution in [0.4, 0.5) is 8.78 Å². The van der Waals surface area contributed by atoms with E-state index < -0.39 is 11.6 Å². The molecule has 2 nitrogen and oxygen atoms in total. The van der Waals surface area contributed by atoms with Crippen LogP contribution < -0.4 is 0 Å². The molecular weight excluding hydrogens is 426 g/mol. The zero-order chi connectivity index (χ0) is 25.0. The number of unbranched alkanes of at least 4 members (excludes halogenated alkanes) is 1. The number of hydrogen-bond donors (Lipinski definition) is 0. The Hall–Kier alpha value is -2.49. The number of nitrogens with zero attached hydrogens (tertiary/aromatic N) is 2. The summed E-state index contributed by atoms with van der Waals surface area (Å²) in [5, 5.41) is 0. The van der Waals surface area contributed by atoms with Gasteiger partial charge in [-0.2, -0.15) is 0 Å². The fourth-order valence-electron chi connectivity index (χ4n) is 4.85. The van der Waals surface area contributed by atoms with E-state index in [0.717, 1.165) is 30.3 Å². The molecule has 4 heteroatoms. The van der Waals surface area contributed by atoms with Crippen LogP contribution in [0.5, 0.6) is 0 Å². The Kier molecular flexibility index (Phi) is 8.67. The zero-order valence-electron chi connectivity index (χ0n) is 21.9. The van der Waals surface area contributed by atoms with Crippen LogP contribution in [0.25, 0.3) is 17.1 Å². The maximum Gasteiger partial charge on any atom is 0.147 e. The van der Waals surface area contributed by atoms with Crippen molar-refractivity contribution in [2.45, 2.75) is 92.4 Å². The molecule has 0 amide bonds. The van der Waals surface area contributed by atoms with Gasteiger partial charge in [0.25, 0.3) is 0 Å². The molecule has 0 fully saturated rings. The topological polar surface area (TPSA) is 17.8 Å². The molecule has 1 aromatic heterocycles. The molecule has 0 N–H and O–H groups in total. The normalized spacial score (nSPS) is 12.7. The summed E-state index contributed by atoms with van der Waals surface area (Å²) < 4.78 is 30.9. The molecule has 2 aromatic carbocycles. The van der Waals surface area contributed by atoms with Gasteiger partial charge in [-0.25, -0.2) is 13.8 Å². The number of imidazole rings is 1. The highest BCUT2D eigenvalue weighted by molar-refractivity contribution is 5.64. The predicted octanol–water partition coefficient (Wildman–Crippen LogP) is 9.13. The molecule has 0 spiro atoms. The largest absolute Gasteiger partial charge is 0.296 e. The number of benzene rings is 2. The summed E-state index contributed by atoms with van der Waals surface area (Å²) in [4.78, 5) is 4.74. The van der Waals surface area contributed by atoms with Crippen molar-refractivity contribution in [1.82, 2.24) is 9.55 Å². The first kappa shape index (κ1) is 26.1. The molecule has 1 atom stereocenters. The minimum atomic E-state index is -0.583. The third-order valence-corrected chi connectivity index (χ3v) is 6.83. The van der Waals surface area contributed by atoms with E-state index in [1.807, 2.05) is 6.20 Å². The highest BCUT2D eigenvalue weighted by atomic mass is 19.1. The van der Waals surface area contributed by atoms with Gasteiger partial charge in [0.15, 0.2) is 0 Å². The number of aromatic nitrogens is 2. The molecule has 0 aliphatic carbocycles. The molecule has 0 saturated carbocycles. The maximum absolute atomic E-state index is 15.0. The van der Waals surface area contributed by atoms with E-state index in [0.29, 0.717) is 17.3 Å². The molecule has 1 unspecified atom stereocenters. The Morgan fingerprint density at radius 2 is 1.59 bits per heavy atom. The zero-order valence-corrected chi connectivity index (χ0v) is 21.9. The Bertz CT molecular complexity index is 1080. The van der Waals surface area contributed by atoms with E-state index in [4.69, 9.17) is 4.98 Å². The quantitative estimate of drug-likeness (QED) is 0.291. The van der Waals surface area contributed by atoms with Crippen LogP contribution in [0, 0.1) is 24.5 Å². The van der Waals surface area contributed by atoms with Crippen LogP contribution in [-0.4, -0.2) is 9.55 Å². The van der Waals surface area contributed by atoms with Gasteiger partial charge in [-0.05, 0) is 54.4 Å². The lowest BCUT2D eigenvalue weighted by atomic mass is 9.89. The van der Waals surface area contributed by atoms with Crippen LogP contribution in [0.1, 0.15) is 101 Å². The number of halogens is 2. The first-order valence-electron chi connectivity index (χ1n) is 12.8. The van der Waals surface area contributed by atoms with Crippen molar-refractivity contribution in [2.75, 3.05) is 0 Å². The van der Waals surface area contributed by atoms with Gasteiger partial charge < -0.3 is 0 Å². The first-order chi connectivity index (χ1) is 16.2. The Balaban J connectivity index is 2.33. The van der Waals surface area contributed by atoms with Crippen molar-refractivity contribution in [3.63, 3.8) is 0 Å². The molecule has 3 aromatic rings. The number of aryl methyl sites for hydroxylation is 1. The molecule has 34 heavy (non-hydrogen) atoms. The average molecular weight is 467 g/mol. The predicted molar refractivity (Wildman–Crippen MR) is 139 cm³/mol. The van der Waals surface area contributed by atoms with Crippen molar-refractivity contribution in [2.24, 2.45) is 5.92 Å². The summed E-state index contributed by atoms with van der Waals surface area (Å²) >= 11 is 0. The van der Waals surface area contributed by atoms with E-state index >= 15 is 4.39 Å². The standard InChI is InChI=1S/C30H40F2N2/c1-8-10-11-22(9-2)16-24-18-33-30(25-13-12-23(31)17-28(25)32)34(24)29-26(19(3)4)14-21(7)15-27(29)20(5)6/h12-15,17-20,22H,8-11,16H2,1-7H3. The van der Waals surface area contributed by atoms with Gasteiger partial charge in [0.1, 0.15) is 17.5 Å². The Morgan fingerprint density at radius 3 is 2.12 bits per heavy atom. The summed E-state index contributed by atoms with van der Waals surface area (Å²) in [5.74, 6) is 0.500. The third kappa shape index (κ3) is 5.59. The molecule has 1 heterocycles. The monoisotopic (exact) mass is 466 g/mol. The van der Waals surface area contributed by atoms with Crippen molar-refractivity contribution in [1.29, 1.82) is 0 Å². The lowest BCUT2D eigenvalue weighted by molar-refractivity contribution is 0.442. The molecule has 0 bridgehead atoms. The van der Waals surface area contributed by atoms with Crippen molar-refractivity contribution in [3.8, 4) is 17.1 Å². The molecule has 3 rings (SSSR count). The molecule has 0 aliphatic heterocycles. The smallest absolute Gasteiger partial charge is 0.147 e. The second kappa shape index (κ2) is 11.3. The van der Waals surface area contributed by atoms with Crippen LogP contribution in [0.2, 0.25) is 0 Å². The van der Waals surface area contributed by atoms with E-state index in [9.17, 15) is 4.39 Å². The molecule has 0 saturated heterocycles. The highest BCUT2D eigenvalue weighted by Crippen LogP contribution is 2.37. The third-order valence-electron chi connectivity index (χ3n) is 6.83. The summed E-state index contributed by atoms with van der Waals surface area (Å²) in [7, 11) is 0. The van der Waals surface area contributed by atoms with E-state index in [2.05, 4.69) is 65.2 Å². The van der Waals surface area contributed by atoms with Crippen LogP contribution in [0.15, 0.2) is 36.5 Å². The van der Waals surface area contributed by atoms with E-state index in [1.165, 1.54) is 48.1 Å². The van der Waals surface area contributed by atoms with Gasteiger partial charge in [-0.15, -0.1) is 0 Å². The second-order valence-corrected chi connectivity index (χ2v) is 10.3. The lowest BCUT2D eigenvalue weighted by Gasteiger charge is -2.25. The lowest BCUT2D eigenvalue weighted by Crippen LogP contribution is -2.14. The fraction of sp³-hybridized carbons (Fsp3) is 0.500. The minimum Gasteiger partial charge on any atom is -0.296 e. The summed E-state index contributed by atoms with van der Waals surface area (Å²) in [6.07, 6.45) is 7.42. The van der Waals surface area contributed by atoms with Gasteiger partial charge in [-0.1, -0.05) is 84.9 Å². The van der Waals surface area contributed by atoms with Gasteiger partial charge in [0.2, 0.25) is 0 Å². The van der Waals surface area contributed by atoms with Crippen LogP contribution >= 0.6 is 0 Å². The summed E-state index contributed by atoms with van der Waals surface area (Å²) in [6, 6.07) is 8.27. The number of hydrogen-bond acceptors (Lipinski definition) is 1. The van der Waals surface area contributed by atoms with Crippen molar-refractivity contribution in [3.05, 3.63) is 70.5 Å². The Labute approximate surface area is 204 Å². The fourth-order valence-corrected chi connectivity index (χ4v) is 4.85. The molecule has 0 aliphatic rings. The second-order valence-electron chi connectivity index (χ2n) is 10.3. The van der Waals surface area contributed by atoms with Crippen LogP contribution in [-0.2, 0) is 6.42 Å². The van der Waals surface area contributed by atoms with Gasteiger partial charge in [0.05, 0.1) is 11.3 Å². The van der Waals surface area contributed by atoms with Gasteiger partial charge in [0, 0.05) is 18.0 Å². The van der Waals surface area contributed by atoms with E-state index in [1.54, 1.807) is 0 Å². The SMILES string of the molecule is CCCCC(CC)Cc1cnc(-c2ccc(F)cc2F)n1-c1c(C(C)C)cc(C)cc1C(C)C. The Morgan fingerprint density at radius 1 is 0.941 bits per heavy atom. The number of rotatable bonds is 10. The minimum absolute atomic E-state index is 0.288. The van der Waals surface area contributed by atoms with Gasteiger partial charge >= 0.3 is 0 Å². The molecule has 0 radical (unpaired) electrons. The molecule has 184 valence electrons. The summed E-state index contributed by atoms with van der Waals surface area (Å²) in [5.41, 5.74) is 6.21. The first-order valence-corrected chi connectivity index (χ1v) is 12.8. The van der Waals surface area contributed by atoms with Crippen molar-refractivity contribution < 1.29 is 8.78 Å². The van der Waals surface area contributed by atoms with Gasteiger partial charge in [-0.3, -0.25) is 4.57 Å². The highest BCUT2D eigenvalue weighted by Gasteiger charge is 2.25. The average Bonchev–Trinajstić information content (AvgIpc) is 3.18. The summed E-state index contributed by atoms with van der Waals surface area (Å²) in [6.45, 7) is 15.4. The molecular formula is C30H40F2N2. The van der Waals surface area contributed by atoms with Crippen molar-refractivity contribution >= 4 is 0 Å².